The molecule has 1 aliphatic heterocycles. The van der Waals surface area contributed by atoms with E-state index >= 15 is 0 Å². The molecule has 1 unspecified atom stereocenters. The minimum absolute atomic E-state index is 0.202. The Hall–Kier alpha value is -2.96. The number of benzene rings is 1. The van der Waals surface area contributed by atoms with Gasteiger partial charge in [0.25, 0.3) is 5.91 Å². The molecule has 3 rings (SSSR count). The molecule has 2 aromatic rings. The number of carboxylic acid groups (broad SMARTS) is 1. The van der Waals surface area contributed by atoms with Crippen LogP contribution in [0.3, 0.4) is 0 Å². The SMILES string of the molecule is Cc1cnc(NC(=O)C2C(=O)c3c(C(=O)CCC(=O)O)cccc3S(=O)(=O)N2C)s1. The Bertz CT molecular complexity index is 1170. The average molecular weight is 451 g/mol. The highest BCUT2D eigenvalue weighted by Crippen LogP contribution is 2.32. The molecule has 1 amide bonds. The van der Waals surface area contributed by atoms with E-state index in [2.05, 4.69) is 10.3 Å². The number of fused-ring (bicyclic) bond motifs is 1. The second-order valence-corrected chi connectivity index (χ2v) is 9.75. The summed E-state index contributed by atoms with van der Waals surface area (Å²) in [4.78, 5) is 53.6. The van der Waals surface area contributed by atoms with Crippen LogP contribution in [0.2, 0.25) is 0 Å². The van der Waals surface area contributed by atoms with Gasteiger partial charge in [0, 0.05) is 30.1 Å². The number of carboxylic acids is 1. The molecule has 0 aliphatic carbocycles. The van der Waals surface area contributed by atoms with E-state index in [0.717, 1.165) is 23.3 Å². The van der Waals surface area contributed by atoms with Gasteiger partial charge in [-0.1, -0.05) is 12.1 Å². The number of nitrogens with zero attached hydrogens (tertiary/aromatic N) is 2. The minimum Gasteiger partial charge on any atom is -0.481 e. The maximum absolute atomic E-state index is 13.2. The molecule has 1 aromatic heterocycles. The second-order valence-electron chi connectivity index (χ2n) is 6.55. The molecule has 0 spiro atoms. The third-order valence-corrected chi connectivity index (χ3v) is 7.20. The largest absolute Gasteiger partial charge is 0.481 e. The van der Waals surface area contributed by atoms with E-state index in [0.29, 0.717) is 4.31 Å². The molecule has 0 saturated carbocycles. The molecule has 0 bridgehead atoms. The number of Topliss-reactive ketones (excluding diaryl/α,β-unsaturated/α-hetero) is 2. The van der Waals surface area contributed by atoms with Crippen LogP contribution >= 0.6 is 11.3 Å². The zero-order valence-corrected chi connectivity index (χ0v) is 17.5. The van der Waals surface area contributed by atoms with Crippen molar-refractivity contribution in [3.8, 4) is 0 Å². The predicted octanol–water partition coefficient (Wildman–Crippen LogP) is 1.32. The van der Waals surface area contributed by atoms with Gasteiger partial charge >= 0.3 is 5.97 Å². The summed E-state index contributed by atoms with van der Waals surface area (Å²) in [6.07, 6.45) is 0.624. The summed E-state index contributed by atoms with van der Waals surface area (Å²) in [6.45, 7) is 1.76. The van der Waals surface area contributed by atoms with E-state index in [9.17, 15) is 27.6 Å². The molecule has 2 heterocycles. The number of amides is 1. The maximum atomic E-state index is 13.2. The lowest BCUT2D eigenvalue weighted by molar-refractivity contribution is -0.137. The number of likely N-dealkylation sites (N-methyl/N-ethyl adjacent to an activating group) is 1. The molecule has 12 heteroatoms. The monoisotopic (exact) mass is 451 g/mol. The number of nitrogens with one attached hydrogen (secondary N) is 1. The van der Waals surface area contributed by atoms with Gasteiger partial charge < -0.3 is 10.4 Å². The number of ketones is 2. The van der Waals surface area contributed by atoms with Crippen molar-refractivity contribution in [1.29, 1.82) is 0 Å². The molecule has 30 heavy (non-hydrogen) atoms. The Morgan fingerprint density at radius 2 is 1.97 bits per heavy atom. The van der Waals surface area contributed by atoms with Crippen LogP contribution in [0.1, 0.15) is 38.4 Å². The summed E-state index contributed by atoms with van der Waals surface area (Å²) >= 11 is 1.15. The van der Waals surface area contributed by atoms with E-state index < -0.39 is 62.8 Å². The van der Waals surface area contributed by atoms with Gasteiger partial charge in [0.2, 0.25) is 10.0 Å². The second kappa shape index (κ2) is 8.05. The molecular weight excluding hydrogens is 434 g/mol. The minimum atomic E-state index is -4.26. The fraction of sp³-hybridized carbons (Fsp3) is 0.278. The van der Waals surface area contributed by atoms with Gasteiger partial charge in [-0.3, -0.25) is 19.2 Å². The average Bonchev–Trinajstić information content (AvgIpc) is 3.08. The van der Waals surface area contributed by atoms with E-state index in [-0.39, 0.29) is 10.7 Å². The van der Waals surface area contributed by atoms with Crippen LogP contribution in [0, 0.1) is 6.92 Å². The first-order valence-corrected chi connectivity index (χ1v) is 10.9. The van der Waals surface area contributed by atoms with Gasteiger partial charge in [0.1, 0.15) is 0 Å². The van der Waals surface area contributed by atoms with Crippen molar-refractivity contribution in [2.45, 2.75) is 30.7 Å². The molecule has 158 valence electrons. The van der Waals surface area contributed by atoms with Crippen molar-refractivity contribution < 1.29 is 32.7 Å². The lowest BCUT2D eigenvalue weighted by Gasteiger charge is -2.31. The van der Waals surface area contributed by atoms with Crippen LogP contribution in [-0.4, -0.2) is 59.3 Å². The fourth-order valence-corrected chi connectivity index (χ4v) is 5.22. The maximum Gasteiger partial charge on any atom is 0.303 e. The highest BCUT2D eigenvalue weighted by molar-refractivity contribution is 7.89. The summed E-state index contributed by atoms with van der Waals surface area (Å²) in [7, 11) is -3.15. The number of sulfonamides is 1. The van der Waals surface area contributed by atoms with Crippen molar-refractivity contribution in [3.63, 3.8) is 0 Å². The molecule has 1 atom stereocenters. The highest BCUT2D eigenvalue weighted by atomic mass is 32.2. The molecule has 1 aliphatic rings. The molecular formula is C18H17N3O7S2. The first-order chi connectivity index (χ1) is 14.0. The number of hydrogen-bond acceptors (Lipinski definition) is 8. The van der Waals surface area contributed by atoms with E-state index in [4.69, 9.17) is 5.11 Å². The Morgan fingerprint density at radius 1 is 1.27 bits per heavy atom. The topological polar surface area (TPSA) is 151 Å². The number of carbonyl (C=O) groups is 4. The number of aromatic nitrogens is 1. The number of rotatable bonds is 6. The van der Waals surface area contributed by atoms with Crippen molar-refractivity contribution >= 4 is 49.9 Å². The fourth-order valence-electron chi connectivity index (χ4n) is 3.05. The number of aliphatic carboxylic acids is 1. The summed E-state index contributed by atoms with van der Waals surface area (Å²) in [5.41, 5.74) is -0.625. The summed E-state index contributed by atoms with van der Waals surface area (Å²) in [6, 6.07) is 1.98. The molecule has 0 saturated heterocycles. The highest BCUT2D eigenvalue weighted by Gasteiger charge is 2.47. The molecule has 2 N–H and O–H groups in total. The number of thiazole rings is 1. The zero-order chi connectivity index (χ0) is 22.2. The van der Waals surface area contributed by atoms with Gasteiger partial charge in [-0.05, 0) is 13.0 Å². The lowest BCUT2D eigenvalue weighted by atomic mass is 9.94. The standard InChI is InChI=1S/C18H17N3O7S2/c1-9-8-19-18(29-9)20-17(26)15-16(25)14-10(11(22)6-7-13(23)24)4-3-5-12(14)30(27,28)21(15)2/h3-5,8,15H,6-7H2,1-2H3,(H,23,24)(H,19,20,26). The Balaban J connectivity index is 2.05. The van der Waals surface area contributed by atoms with Gasteiger partial charge in [-0.25, -0.2) is 13.4 Å². The van der Waals surface area contributed by atoms with E-state index in [1.54, 1.807) is 6.92 Å². The first kappa shape index (κ1) is 21.7. The number of hydrogen-bond donors (Lipinski definition) is 2. The Morgan fingerprint density at radius 3 is 2.57 bits per heavy atom. The smallest absolute Gasteiger partial charge is 0.303 e. The third kappa shape index (κ3) is 3.88. The van der Waals surface area contributed by atoms with Gasteiger partial charge in [0.05, 0.1) is 16.9 Å². The number of aryl methyl sites for hydroxylation is 1. The Kier molecular flexibility index (Phi) is 5.83. The normalized spacial score (nSPS) is 17.9. The van der Waals surface area contributed by atoms with Crippen LogP contribution in [0.15, 0.2) is 29.3 Å². The van der Waals surface area contributed by atoms with Crippen molar-refractivity contribution in [2.75, 3.05) is 12.4 Å². The van der Waals surface area contributed by atoms with Crippen LogP contribution in [0.5, 0.6) is 0 Å². The van der Waals surface area contributed by atoms with Crippen LogP contribution in [-0.2, 0) is 19.6 Å². The molecule has 10 nitrogen and oxygen atoms in total. The van der Waals surface area contributed by atoms with Gasteiger partial charge in [-0.2, -0.15) is 4.31 Å². The van der Waals surface area contributed by atoms with E-state index in [1.165, 1.54) is 24.4 Å². The predicted molar refractivity (Wildman–Crippen MR) is 106 cm³/mol. The number of carbonyl (C=O) groups excluding carboxylic acids is 3. The third-order valence-electron chi connectivity index (χ3n) is 4.51. The quantitative estimate of drug-likeness (QED) is 0.493. The lowest BCUT2D eigenvalue weighted by Crippen LogP contribution is -2.53. The van der Waals surface area contributed by atoms with Crippen LogP contribution in [0.4, 0.5) is 5.13 Å². The molecule has 0 fully saturated rings. The summed E-state index contributed by atoms with van der Waals surface area (Å²) < 4.78 is 26.5. The zero-order valence-electron chi connectivity index (χ0n) is 15.9. The number of anilines is 1. The van der Waals surface area contributed by atoms with Crippen LogP contribution < -0.4 is 5.32 Å². The van der Waals surface area contributed by atoms with Gasteiger partial charge in [-0.15, -0.1) is 11.3 Å². The first-order valence-electron chi connectivity index (χ1n) is 8.67. The Labute approximate surface area is 175 Å². The van der Waals surface area contributed by atoms with Crippen LogP contribution in [0.25, 0.3) is 0 Å². The van der Waals surface area contributed by atoms with Gasteiger partial charge in [0.15, 0.2) is 22.7 Å². The van der Waals surface area contributed by atoms with E-state index in [1.807, 2.05) is 0 Å². The van der Waals surface area contributed by atoms with Crippen molar-refractivity contribution in [1.82, 2.24) is 9.29 Å². The summed E-state index contributed by atoms with van der Waals surface area (Å²) in [5, 5.41) is 11.4. The summed E-state index contributed by atoms with van der Waals surface area (Å²) in [5.74, 6) is -3.67. The molecule has 0 radical (unpaired) electrons. The van der Waals surface area contributed by atoms with Crippen molar-refractivity contribution in [3.05, 3.63) is 40.4 Å². The van der Waals surface area contributed by atoms with Crippen molar-refractivity contribution in [2.24, 2.45) is 0 Å². The molecule has 1 aromatic carbocycles.